The number of carbonyl (C=O) groups excluding carboxylic acids is 1. The van der Waals surface area contributed by atoms with E-state index in [2.05, 4.69) is 0 Å². The van der Waals surface area contributed by atoms with Crippen LogP contribution in [-0.4, -0.2) is 16.7 Å². The van der Waals surface area contributed by atoms with E-state index in [1.54, 1.807) is 0 Å². The molecule has 94 valence electrons. The van der Waals surface area contributed by atoms with Gasteiger partial charge >= 0.3 is 5.51 Å². The maximum atomic E-state index is 12.3. The first-order valence-corrected chi connectivity index (χ1v) is 5.79. The van der Waals surface area contributed by atoms with Gasteiger partial charge in [-0.05, 0) is 36.9 Å². The summed E-state index contributed by atoms with van der Waals surface area (Å²) < 4.78 is 36.9. The molecule has 1 aromatic carbocycles. The van der Waals surface area contributed by atoms with Crippen molar-refractivity contribution in [1.82, 2.24) is 0 Å². The van der Waals surface area contributed by atoms with Crippen molar-refractivity contribution in [2.75, 3.05) is 5.73 Å². The molecular formula is C10H9ClF3NOS. The van der Waals surface area contributed by atoms with Crippen LogP contribution in [0.25, 0.3) is 0 Å². The standard InChI is InChI=1S/C10H9ClF3NOS/c1-5(11)9(16)7-3-2-6(15)4-8(7)17-10(12,13)14/h2-5H,15H2,1H3. The molecule has 0 saturated heterocycles. The summed E-state index contributed by atoms with van der Waals surface area (Å²) in [5, 5.41) is -0.883. The van der Waals surface area contributed by atoms with Crippen LogP contribution in [0.4, 0.5) is 18.9 Å². The van der Waals surface area contributed by atoms with E-state index in [0.717, 1.165) is 6.07 Å². The Labute approximate surface area is 105 Å². The number of carbonyl (C=O) groups is 1. The molecule has 0 amide bonds. The fraction of sp³-hybridized carbons (Fsp3) is 0.300. The molecule has 17 heavy (non-hydrogen) atoms. The molecular weight excluding hydrogens is 275 g/mol. The third-order valence-electron chi connectivity index (χ3n) is 1.86. The number of anilines is 1. The summed E-state index contributed by atoms with van der Waals surface area (Å²) in [5.41, 5.74) is 1.02. The number of benzene rings is 1. The summed E-state index contributed by atoms with van der Waals surface area (Å²) in [6.07, 6.45) is 0. The van der Waals surface area contributed by atoms with Gasteiger partial charge in [-0.1, -0.05) is 0 Å². The molecule has 0 fully saturated rings. The van der Waals surface area contributed by atoms with E-state index in [9.17, 15) is 18.0 Å². The van der Waals surface area contributed by atoms with Crippen LogP contribution >= 0.6 is 23.4 Å². The summed E-state index contributed by atoms with van der Waals surface area (Å²) in [7, 11) is 0. The van der Waals surface area contributed by atoms with Gasteiger partial charge in [-0.15, -0.1) is 11.6 Å². The van der Waals surface area contributed by atoms with Crippen molar-refractivity contribution in [3.8, 4) is 0 Å². The van der Waals surface area contributed by atoms with Gasteiger partial charge < -0.3 is 5.73 Å². The van der Waals surface area contributed by atoms with Crippen LogP contribution in [0.2, 0.25) is 0 Å². The predicted molar refractivity (Wildman–Crippen MR) is 62.4 cm³/mol. The number of nitrogens with two attached hydrogens (primary N) is 1. The Hall–Kier alpha value is -0.880. The first-order chi connectivity index (χ1) is 7.70. The zero-order chi connectivity index (χ0) is 13.2. The van der Waals surface area contributed by atoms with Crippen LogP contribution < -0.4 is 5.73 Å². The lowest BCUT2D eigenvalue weighted by Gasteiger charge is -2.12. The van der Waals surface area contributed by atoms with Crippen molar-refractivity contribution in [3.05, 3.63) is 23.8 Å². The highest BCUT2D eigenvalue weighted by atomic mass is 35.5. The minimum Gasteiger partial charge on any atom is -0.399 e. The molecule has 0 aliphatic carbocycles. The Morgan fingerprint density at radius 3 is 2.53 bits per heavy atom. The SMILES string of the molecule is CC(Cl)C(=O)c1ccc(N)cc1SC(F)(F)F. The number of rotatable bonds is 3. The van der Waals surface area contributed by atoms with E-state index in [0.29, 0.717) is 0 Å². The zero-order valence-corrected chi connectivity index (χ0v) is 10.3. The lowest BCUT2D eigenvalue weighted by atomic mass is 10.1. The smallest absolute Gasteiger partial charge is 0.399 e. The molecule has 1 rings (SSSR count). The van der Waals surface area contributed by atoms with E-state index in [4.69, 9.17) is 17.3 Å². The normalized spacial score (nSPS) is 13.5. The Morgan fingerprint density at radius 2 is 2.06 bits per heavy atom. The predicted octanol–water partition coefficient (Wildman–Crippen LogP) is 3.69. The number of hydrogen-bond acceptors (Lipinski definition) is 3. The minimum atomic E-state index is -4.47. The lowest BCUT2D eigenvalue weighted by molar-refractivity contribution is -0.0328. The van der Waals surface area contributed by atoms with Crippen molar-refractivity contribution in [2.24, 2.45) is 0 Å². The average molecular weight is 284 g/mol. The monoisotopic (exact) mass is 283 g/mol. The molecule has 2 nitrogen and oxygen atoms in total. The van der Waals surface area contributed by atoms with E-state index in [1.165, 1.54) is 19.1 Å². The van der Waals surface area contributed by atoms with Crippen LogP contribution in [-0.2, 0) is 0 Å². The van der Waals surface area contributed by atoms with Gasteiger partial charge in [0.05, 0.1) is 5.38 Å². The molecule has 0 spiro atoms. The van der Waals surface area contributed by atoms with Crippen LogP contribution in [0, 0.1) is 0 Å². The van der Waals surface area contributed by atoms with Crippen molar-refractivity contribution >= 4 is 34.8 Å². The Balaban J connectivity index is 3.17. The number of nitrogen functional groups attached to an aromatic ring is 1. The highest BCUT2D eigenvalue weighted by molar-refractivity contribution is 8.00. The van der Waals surface area contributed by atoms with Crippen LogP contribution in [0.3, 0.4) is 0 Å². The summed E-state index contributed by atoms with van der Waals surface area (Å²) in [4.78, 5) is 11.4. The second-order valence-electron chi connectivity index (χ2n) is 3.28. The summed E-state index contributed by atoms with van der Waals surface area (Å²) in [5.74, 6) is -0.557. The largest absolute Gasteiger partial charge is 0.446 e. The molecule has 1 aromatic rings. The quantitative estimate of drug-likeness (QED) is 0.398. The number of thioether (sulfide) groups is 1. The van der Waals surface area contributed by atoms with Gasteiger partial charge in [-0.3, -0.25) is 4.79 Å². The van der Waals surface area contributed by atoms with Gasteiger partial charge in [0, 0.05) is 16.1 Å². The average Bonchev–Trinajstić information content (AvgIpc) is 2.14. The third kappa shape index (κ3) is 4.12. The van der Waals surface area contributed by atoms with Gasteiger partial charge in [-0.25, -0.2) is 0 Å². The molecule has 7 heteroatoms. The number of hydrogen-bond donors (Lipinski definition) is 1. The highest BCUT2D eigenvalue weighted by Gasteiger charge is 2.32. The number of halogens is 4. The maximum Gasteiger partial charge on any atom is 0.446 e. The first kappa shape index (κ1) is 14.2. The second-order valence-corrected chi connectivity index (χ2v) is 5.05. The molecule has 2 N–H and O–H groups in total. The van der Waals surface area contributed by atoms with E-state index in [1.807, 2.05) is 0 Å². The number of ketones is 1. The molecule has 0 saturated carbocycles. The summed E-state index contributed by atoms with van der Waals surface area (Å²) in [6.45, 7) is 1.41. The zero-order valence-electron chi connectivity index (χ0n) is 8.72. The molecule has 0 aromatic heterocycles. The van der Waals surface area contributed by atoms with Gasteiger partial charge in [0.2, 0.25) is 0 Å². The minimum absolute atomic E-state index is 0.0657. The van der Waals surface area contributed by atoms with Crippen LogP contribution in [0.5, 0.6) is 0 Å². The third-order valence-corrected chi connectivity index (χ3v) is 2.85. The lowest BCUT2D eigenvalue weighted by Crippen LogP contribution is -2.13. The van der Waals surface area contributed by atoms with Gasteiger partial charge in [0.1, 0.15) is 0 Å². The maximum absolute atomic E-state index is 12.3. The molecule has 0 heterocycles. The topological polar surface area (TPSA) is 43.1 Å². The van der Waals surface area contributed by atoms with Gasteiger partial charge in [0.25, 0.3) is 0 Å². The fourth-order valence-electron chi connectivity index (χ4n) is 1.17. The molecule has 0 aliphatic heterocycles. The number of Topliss-reactive ketones (excluding diaryl/α,β-unsaturated/α-hetero) is 1. The molecule has 0 aliphatic rings. The molecule has 1 unspecified atom stereocenters. The van der Waals surface area contributed by atoms with Crippen molar-refractivity contribution in [1.29, 1.82) is 0 Å². The van der Waals surface area contributed by atoms with Gasteiger partial charge in [0.15, 0.2) is 5.78 Å². The number of alkyl halides is 4. The first-order valence-electron chi connectivity index (χ1n) is 4.54. The van der Waals surface area contributed by atoms with Gasteiger partial charge in [-0.2, -0.15) is 13.2 Å². The Bertz CT molecular complexity index is 434. The van der Waals surface area contributed by atoms with Crippen molar-refractivity contribution in [2.45, 2.75) is 22.7 Å². The fourth-order valence-corrected chi connectivity index (χ4v) is 2.01. The van der Waals surface area contributed by atoms with Crippen molar-refractivity contribution < 1.29 is 18.0 Å². The Morgan fingerprint density at radius 1 is 1.47 bits per heavy atom. The summed E-state index contributed by atoms with van der Waals surface area (Å²) >= 11 is 5.20. The summed E-state index contributed by atoms with van der Waals surface area (Å²) in [6, 6.07) is 3.74. The van der Waals surface area contributed by atoms with E-state index >= 15 is 0 Å². The van der Waals surface area contributed by atoms with Crippen LogP contribution in [0.15, 0.2) is 23.1 Å². The second kappa shape index (κ2) is 5.18. The molecule has 1 atom stereocenters. The van der Waals surface area contributed by atoms with Crippen LogP contribution in [0.1, 0.15) is 17.3 Å². The molecule has 0 bridgehead atoms. The Kier molecular flexibility index (Phi) is 4.32. The van der Waals surface area contributed by atoms with E-state index in [-0.39, 0.29) is 27.9 Å². The molecule has 0 radical (unpaired) electrons. The highest BCUT2D eigenvalue weighted by Crippen LogP contribution is 2.39. The van der Waals surface area contributed by atoms with E-state index < -0.39 is 16.7 Å². The van der Waals surface area contributed by atoms with Crippen molar-refractivity contribution in [3.63, 3.8) is 0 Å².